The third kappa shape index (κ3) is 4.98. The van der Waals surface area contributed by atoms with Crippen LogP contribution in [0.2, 0.25) is 0 Å². The molecular weight excluding hydrogens is 286 g/mol. The summed E-state index contributed by atoms with van der Waals surface area (Å²) in [4.78, 5) is 12.6. The maximum Gasteiger partial charge on any atom is 0.255 e. The first kappa shape index (κ1) is 17.8. The molecular formula is C20H31NO2. The summed E-state index contributed by atoms with van der Waals surface area (Å²) in [5.41, 5.74) is 1.01. The number of carbonyl (C=O) groups excluding carboxylic acids is 1. The molecule has 23 heavy (non-hydrogen) atoms. The first-order chi connectivity index (χ1) is 10.8. The van der Waals surface area contributed by atoms with Crippen molar-refractivity contribution in [2.45, 2.75) is 72.4 Å². The minimum absolute atomic E-state index is 0.0135. The van der Waals surface area contributed by atoms with Crippen molar-refractivity contribution in [3.8, 4) is 5.75 Å². The molecule has 2 rings (SSSR count). The van der Waals surface area contributed by atoms with E-state index < -0.39 is 0 Å². The molecule has 3 nitrogen and oxygen atoms in total. The topological polar surface area (TPSA) is 38.3 Å². The minimum atomic E-state index is -0.0135. The van der Waals surface area contributed by atoms with Crippen LogP contribution in [0, 0.1) is 11.3 Å². The van der Waals surface area contributed by atoms with Gasteiger partial charge in [0.2, 0.25) is 0 Å². The second-order valence-corrected chi connectivity index (χ2v) is 8.05. The molecule has 0 heterocycles. The highest BCUT2D eigenvalue weighted by Gasteiger charge is 2.30. The number of carbonyl (C=O) groups is 1. The van der Waals surface area contributed by atoms with Gasteiger partial charge in [-0.25, -0.2) is 0 Å². The lowest BCUT2D eigenvalue weighted by atomic mass is 9.71. The molecule has 1 N–H and O–H groups in total. The van der Waals surface area contributed by atoms with Gasteiger partial charge >= 0.3 is 0 Å². The summed E-state index contributed by atoms with van der Waals surface area (Å²) < 4.78 is 5.76. The monoisotopic (exact) mass is 317 g/mol. The Balaban J connectivity index is 1.96. The van der Waals surface area contributed by atoms with Crippen molar-refractivity contribution in [2.75, 3.05) is 0 Å². The van der Waals surface area contributed by atoms with Crippen LogP contribution >= 0.6 is 0 Å². The molecule has 1 aromatic rings. The van der Waals surface area contributed by atoms with E-state index in [1.807, 2.05) is 38.1 Å². The molecule has 0 bridgehead atoms. The zero-order valence-corrected chi connectivity index (χ0v) is 15.2. The van der Waals surface area contributed by atoms with Gasteiger partial charge < -0.3 is 10.1 Å². The van der Waals surface area contributed by atoms with Crippen molar-refractivity contribution in [1.29, 1.82) is 0 Å². The second-order valence-electron chi connectivity index (χ2n) is 8.05. The van der Waals surface area contributed by atoms with Crippen molar-refractivity contribution in [1.82, 2.24) is 5.32 Å². The maximum absolute atomic E-state index is 12.6. The molecule has 0 atom stereocenters. The van der Waals surface area contributed by atoms with Crippen LogP contribution in [0.15, 0.2) is 24.3 Å². The number of hydrogen-bond donors (Lipinski definition) is 1. The third-order valence-electron chi connectivity index (χ3n) is 4.78. The van der Waals surface area contributed by atoms with Crippen LogP contribution in [0.25, 0.3) is 0 Å². The number of rotatable bonds is 4. The van der Waals surface area contributed by atoms with Crippen molar-refractivity contribution >= 4 is 5.91 Å². The Kier molecular flexibility index (Phi) is 5.72. The molecule has 0 unspecified atom stereocenters. The van der Waals surface area contributed by atoms with E-state index >= 15 is 0 Å². The number of para-hydroxylation sites is 1. The van der Waals surface area contributed by atoms with Gasteiger partial charge in [0, 0.05) is 6.04 Å². The smallest absolute Gasteiger partial charge is 0.255 e. The van der Waals surface area contributed by atoms with E-state index in [0.29, 0.717) is 16.7 Å². The third-order valence-corrected chi connectivity index (χ3v) is 4.78. The summed E-state index contributed by atoms with van der Waals surface area (Å²) in [6, 6.07) is 7.79. The molecule has 128 valence electrons. The van der Waals surface area contributed by atoms with Crippen LogP contribution in [-0.2, 0) is 0 Å². The number of hydrogen-bond acceptors (Lipinski definition) is 2. The quantitative estimate of drug-likeness (QED) is 0.865. The van der Waals surface area contributed by atoms with Crippen LogP contribution in [0.3, 0.4) is 0 Å². The molecule has 1 fully saturated rings. The van der Waals surface area contributed by atoms with E-state index in [9.17, 15) is 4.79 Å². The normalized spacial score (nSPS) is 22.0. The van der Waals surface area contributed by atoms with Crippen molar-refractivity contribution < 1.29 is 9.53 Å². The summed E-state index contributed by atoms with van der Waals surface area (Å²) in [5, 5.41) is 3.20. The van der Waals surface area contributed by atoms with E-state index in [2.05, 4.69) is 26.1 Å². The Labute approximate surface area is 140 Å². The molecule has 1 aromatic carbocycles. The fourth-order valence-electron chi connectivity index (χ4n) is 3.38. The zero-order valence-electron chi connectivity index (χ0n) is 15.2. The number of nitrogens with one attached hydrogen (secondary N) is 1. The predicted octanol–water partition coefficient (Wildman–Crippen LogP) is 4.81. The predicted molar refractivity (Wildman–Crippen MR) is 94.9 cm³/mol. The average Bonchev–Trinajstić information content (AvgIpc) is 2.46. The maximum atomic E-state index is 12.6. The number of ether oxygens (including phenoxy) is 1. The van der Waals surface area contributed by atoms with Gasteiger partial charge in [-0.1, -0.05) is 32.9 Å². The van der Waals surface area contributed by atoms with Gasteiger partial charge in [0.1, 0.15) is 5.75 Å². The molecule has 3 heteroatoms. The molecule has 1 aliphatic carbocycles. The largest absolute Gasteiger partial charge is 0.490 e. The van der Waals surface area contributed by atoms with E-state index in [0.717, 1.165) is 18.8 Å². The molecule has 1 saturated carbocycles. The van der Waals surface area contributed by atoms with E-state index in [4.69, 9.17) is 4.74 Å². The van der Waals surface area contributed by atoms with Gasteiger partial charge in [-0.3, -0.25) is 4.79 Å². The molecule has 1 amide bonds. The summed E-state index contributed by atoms with van der Waals surface area (Å²) in [5.74, 6) is 1.41. The second kappa shape index (κ2) is 7.37. The van der Waals surface area contributed by atoms with Gasteiger partial charge in [-0.05, 0) is 63.0 Å². The van der Waals surface area contributed by atoms with Crippen LogP contribution < -0.4 is 10.1 Å². The Morgan fingerprint density at radius 2 is 1.74 bits per heavy atom. The molecule has 0 radical (unpaired) electrons. The molecule has 1 aliphatic rings. The number of amides is 1. The first-order valence-electron chi connectivity index (χ1n) is 8.84. The van der Waals surface area contributed by atoms with Crippen molar-refractivity contribution in [3.63, 3.8) is 0 Å². The SMILES string of the molecule is CC(C)Oc1ccccc1C(=O)NC1CCC(C(C)(C)C)CC1. The fourth-order valence-corrected chi connectivity index (χ4v) is 3.38. The Bertz CT molecular complexity index is 523. The van der Waals surface area contributed by atoms with Gasteiger partial charge in [-0.15, -0.1) is 0 Å². The molecule has 0 aromatic heterocycles. The van der Waals surface area contributed by atoms with Gasteiger partial charge in [0.25, 0.3) is 5.91 Å². The summed E-state index contributed by atoms with van der Waals surface area (Å²) in [6.07, 6.45) is 4.59. The fraction of sp³-hybridized carbons (Fsp3) is 0.650. The lowest BCUT2D eigenvalue weighted by Gasteiger charge is -2.37. The Morgan fingerprint density at radius 3 is 2.30 bits per heavy atom. The average molecular weight is 317 g/mol. The van der Waals surface area contributed by atoms with Crippen LogP contribution in [-0.4, -0.2) is 18.1 Å². The standard InChI is InChI=1S/C20H31NO2/c1-14(2)23-18-9-7-6-8-17(18)19(22)21-16-12-10-15(11-13-16)20(3,4)5/h6-9,14-16H,10-13H2,1-5H3,(H,21,22). The highest BCUT2D eigenvalue weighted by atomic mass is 16.5. The zero-order chi connectivity index (χ0) is 17.0. The van der Waals surface area contributed by atoms with Crippen LogP contribution in [0.1, 0.15) is 70.7 Å². The lowest BCUT2D eigenvalue weighted by molar-refractivity contribution is 0.0898. The molecule has 0 aliphatic heterocycles. The van der Waals surface area contributed by atoms with Gasteiger partial charge in [0.15, 0.2) is 0 Å². The lowest BCUT2D eigenvalue weighted by Crippen LogP contribution is -2.39. The summed E-state index contributed by atoms with van der Waals surface area (Å²) >= 11 is 0. The number of benzene rings is 1. The van der Waals surface area contributed by atoms with Gasteiger partial charge in [0.05, 0.1) is 11.7 Å². The van der Waals surface area contributed by atoms with Crippen LogP contribution in [0.5, 0.6) is 5.75 Å². The minimum Gasteiger partial charge on any atom is -0.490 e. The molecule has 0 spiro atoms. The highest BCUT2D eigenvalue weighted by molar-refractivity contribution is 5.97. The van der Waals surface area contributed by atoms with Crippen LogP contribution in [0.4, 0.5) is 0 Å². The Morgan fingerprint density at radius 1 is 1.13 bits per heavy atom. The Hall–Kier alpha value is -1.51. The van der Waals surface area contributed by atoms with E-state index in [1.54, 1.807) is 0 Å². The van der Waals surface area contributed by atoms with E-state index in [-0.39, 0.29) is 18.1 Å². The summed E-state index contributed by atoms with van der Waals surface area (Å²) in [7, 11) is 0. The van der Waals surface area contributed by atoms with Gasteiger partial charge in [-0.2, -0.15) is 0 Å². The van der Waals surface area contributed by atoms with Crippen molar-refractivity contribution in [2.24, 2.45) is 11.3 Å². The first-order valence-corrected chi connectivity index (χ1v) is 8.84. The summed E-state index contributed by atoms with van der Waals surface area (Å²) in [6.45, 7) is 10.9. The highest BCUT2D eigenvalue weighted by Crippen LogP contribution is 2.37. The molecule has 0 saturated heterocycles. The van der Waals surface area contributed by atoms with E-state index in [1.165, 1.54) is 12.8 Å². The van der Waals surface area contributed by atoms with Crippen molar-refractivity contribution in [3.05, 3.63) is 29.8 Å².